The SMILES string of the molecule is CC(C)n1nccc1NC(=O)COCC1CC1. The van der Waals surface area contributed by atoms with Gasteiger partial charge < -0.3 is 10.1 Å². The molecule has 0 bridgehead atoms. The van der Waals surface area contributed by atoms with Crippen molar-refractivity contribution in [1.29, 1.82) is 0 Å². The summed E-state index contributed by atoms with van der Waals surface area (Å²) in [5.41, 5.74) is 0. The van der Waals surface area contributed by atoms with Crippen LogP contribution >= 0.6 is 0 Å². The van der Waals surface area contributed by atoms with E-state index in [1.54, 1.807) is 16.9 Å². The number of nitrogens with zero attached hydrogens (tertiary/aromatic N) is 2. The maximum absolute atomic E-state index is 11.6. The molecule has 1 aromatic heterocycles. The third kappa shape index (κ3) is 3.56. The molecule has 0 spiro atoms. The van der Waals surface area contributed by atoms with Crippen molar-refractivity contribution in [3.05, 3.63) is 12.3 Å². The van der Waals surface area contributed by atoms with Gasteiger partial charge in [0.1, 0.15) is 12.4 Å². The first kappa shape index (κ1) is 12.1. The van der Waals surface area contributed by atoms with Crippen molar-refractivity contribution in [2.24, 2.45) is 5.92 Å². The fourth-order valence-corrected chi connectivity index (χ4v) is 1.61. The Bertz CT molecular complexity index is 383. The lowest BCUT2D eigenvalue weighted by atomic mass is 10.4. The number of ether oxygens (including phenoxy) is 1. The Morgan fingerprint density at radius 2 is 2.41 bits per heavy atom. The molecule has 1 aliphatic carbocycles. The number of amides is 1. The maximum atomic E-state index is 11.6. The summed E-state index contributed by atoms with van der Waals surface area (Å²) in [5.74, 6) is 1.29. The minimum Gasteiger partial charge on any atom is -0.371 e. The Morgan fingerprint density at radius 1 is 1.65 bits per heavy atom. The van der Waals surface area contributed by atoms with Crippen molar-refractivity contribution in [2.75, 3.05) is 18.5 Å². The lowest BCUT2D eigenvalue weighted by molar-refractivity contribution is -0.120. The predicted octanol–water partition coefficient (Wildman–Crippen LogP) is 1.83. The van der Waals surface area contributed by atoms with E-state index in [0.29, 0.717) is 12.5 Å². The van der Waals surface area contributed by atoms with Crippen LogP contribution in [-0.2, 0) is 9.53 Å². The number of anilines is 1. The highest BCUT2D eigenvalue weighted by Gasteiger charge is 2.21. The number of hydrogen-bond acceptors (Lipinski definition) is 3. The van der Waals surface area contributed by atoms with E-state index in [1.165, 1.54) is 12.8 Å². The molecule has 0 aromatic carbocycles. The van der Waals surface area contributed by atoms with Crippen LogP contribution in [0.15, 0.2) is 12.3 Å². The van der Waals surface area contributed by atoms with Gasteiger partial charge >= 0.3 is 0 Å². The summed E-state index contributed by atoms with van der Waals surface area (Å²) in [6.07, 6.45) is 4.16. The summed E-state index contributed by atoms with van der Waals surface area (Å²) in [4.78, 5) is 11.6. The zero-order valence-electron chi connectivity index (χ0n) is 10.3. The fourth-order valence-electron chi connectivity index (χ4n) is 1.61. The molecule has 1 fully saturated rings. The van der Waals surface area contributed by atoms with Gasteiger partial charge in [-0.25, -0.2) is 4.68 Å². The molecule has 0 atom stereocenters. The average molecular weight is 237 g/mol. The first-order valence-electron chi connectivity index (χ1n) is 6.08. The molecule has 1 saturated carbocycles. The second kappa shape index (κ2) is 5.31. The summed E-state index contributed by atoms with van der Waals surface area (Å²) in [7, 11) is 0. The number of rotatable bonds is 6. The molecule has 17 heavy (non-hydrogen) atoms. The molecule has 0 saturated heterocycles. The van der Waals surface area contributed by atoms with Crippen molar-refractivity contribution in [1.82, 2.24) is 9.78 Å². The quantitative estimate of drug-likeness (QED) is 0.821. The van der Waals surface area contributed by atoms with Gasteiger partial charge in [0, 0.05) is 12.1 Å². The van der Waals surface area contributed by atoms with Crippen LogP contribution < -0.4 is 5.32 Å². The zero-order valence-corrected chi connectivity index (χ0v) is 10.3. The third-order valence-corrected chi connectivity index (χ3v) is 2.71. The fraction of sp³-hybridized carbons (Fsp3) is 0.667. The molecular formula is C12H19N3O2. The van der Waals surface area contributed by atoms with Gasteiger partial charge in [-0.1, -0.05) is 0 Å². The Kier molecular flexibility index (Phi) is 3.78. The van der Waals surface area contributed by atoms with Crippen molar-refractivity contribution in [3.8, 4) is 0 Å². The molecule has 5 nitrogen and oxygen atoms in total. The number of carbonyl (C=O) groups is 1. The summed E-state index contributed by atoms with van der Waals surface area (Å²) < 4.78 is 7.10. The van der Waals surface area contributed by atoms with Gasteiger partial charge in [0.2, 0.25) is 0 Å². The molecule has 2 rings (SSSR count). The molecule has 1 amide bonds. The highest BCUT2D eigenvalue weighted by atomic mass is 16.5. The second-order valence-corrected chi connectivity index (χ2v) is 4.76. The van der Waals surface area contributed by atoms with E-state index in [1.807, 2.05) is 13.8 Å². The summed E-state index contributed by atoms with van der Waals surface area (Å²) in [6.45, 7) is 4.87. The molecular weight excluding hydrogens is 218 g/mol. The largest absolute Gasteiger partial charge is 0.371 e. The van der Waals surface area contributed by atoms with Crippen LogP contribution in [0, 0.1) is 5.92 Å². The topological polar surface area (TPSA) is 56.2 Å². The molecule has 0 unspecified atom stereocenters. The lowest BCUT2D eigenvalue weighted by Gasteiger charge is -2.11. The minimum atomic E-state index is -0.118. The zero-order chi connectivity index (χ0) is 12.3. The molecule has 1 aromatic rings. The van der Waals surface area contributed by atoms with Gasteiger partial charge in [0.25, 0.3) is 5.91 Å². The van der Waals surface area contributed by atoms with E-state index < -0.39 is 0 Å². The Morgan fingerprint density at radius 3 is 3.06 bits per heavy atom. The minimum absolute atomic E-state index is 0.118. The van der Waals surface area contributed by atoms with Crippen LogP contribution in [0.1, 0.15) is 32.7 Å². The van der Waals surface area contributed by atoms with E-state index in [2.05, 4.69) is 10.4 Å². The third-order valence-electron chi connectivity index (χ3n) is 2.71. The Hall–Kier alpha value is -1.36. The van der Waals surface area contributed by atoms with Crippen molar-refractivity contribution in [3.63, 3.8) is 0 Å². The van der Waals surface area contributed by atoms with Gasteiger partial charge in [-0.2, -0.15) is 5.10 Å². The van der Waals surface area contributed by atoms with E-state index in [9.17, 15) is 4.79 Å². The smallest absolute Gasteiger partial charge is 0.251 e. The van der Waals surface area contributed by atoms with Crippen LogP contribution in [0.4, 0.5) is 5.82 Å². The molecule has 1 N–H and O–H groups in total. The Labute approximate surface area is 101 Å². The van der Waals surface area contributed by atoms with E-state index in [0.717, 1.165) is 5.82 Å². The molecule has 0 aliphatic heterocycles. The lowest BCUT2D eigenvalue weighted by Crippen LogP contribution is -2.21. The van der Waals surface area contributed by atoms with E-state index in [4.69, 9.17) is 4.74 Å². The highest BCUT2D eigenvalue weighted by Crippen LogP contribution is 2.28. The van der Waals surface area contributed by atoms with Gasteiger partial charge in [-0.05, 0) is 32.6 Å². The van der Waals surface area contributed by atoms with Crippen LogP contribution in [0.3, 0.4) is 0 Å². The molecule has 5 heteroatoms. The first-order valence-corrected chi connectivity index (χ1v) is 6.08. The van der Waals surface area contributed by atoms with Gasteiger partial charge in [-0.15, -0.1) is 0 Å². The molecule has 94 valence electrons. The summed E-state index contributed by atoms with van der Waals surface area (Å²) in [5, 5.41) is 6.95. The number of carbonyl (C=O) groups excluding carboxylic acids is 1. The van der Waals surface area contributed by atoms with Gasteiger partial charge in [0.05, 0.1) is 12.8 Å². The van der Waals surface area contributed by atoms with Crippen LogP contribution in [0.5, 0.6) is 0 Å². The van der Waals surface area contributed by atoms with Gasteiger partial charge in [-0.3, -0.25) is 4.79 Å². The standard InChI is InChI=1S/C12H19N3O2/c1-9(2)15-11(5-6-13-15)14-12(16)8-17-7-10-3-4-10/h5-6,9-10H,3-4,7-8H2,1-2H3,(H,14,16). The molecule has 0 radical (unpaired) electrons. The number of aromatic nitrogens is 2. The maximum Gasteiger partial charge on any atom is 0.251 e. The summed E-state index contributed by atoms with van der Waals surface area (Å²) >= 11 is 0. The highest BCUT2D eigenvalue weighted by molar-refractivity contribution is 5.90. The van der Waals surface area contributed by atoms with Crippen molar-refractivity contribution in [2.45, 2.75) is 32.7 Å². The van der Waals surface area contributed by atoms with Crippen LogP contribution in [0.2, 0.25) is 0 Å². The number of hydrogen-bond donors (Lipinski definition) is 1. The van der Waals surface area contributed by atoms with Crippen LogP contribution in [-0.4, -0.2) is 28.9 Å². The summed E-state index contributed by atoms with van der Waals surface area (Å²) in [6, 6.07) is 2.02. The Balaban J connectivity index is 1.77. The molecule has 1 heterocycles. The number of nitrogens with one attached hydrogen (secondary N) is 1. The first-order chi connectivity index (χ1) is 8.16. The van der Waals surface area contributed by atoms with Crippen LogP contribution in [0.25, 0.3) is 0 Å². The average Bonchev–Trinajstić information content (AvgIpc) is 2.96. The monoisotopic (exact) mass is 237 g/mol. The second-order valence-electron chi connectivity index (χ2n) is 4.76. The molecule has 1 aliphatic rings. The van der Waals surface area contributed by atoms with Crippen molar-refractivity contribution < 1.29 is 9.53 Å². The van der Waals surface area contributed by atoms with E-state index in [-0.39, 0.29) is 18.6 Å². The van der Waals surface area contributed by atoms with Gasteiger partial charge in [0.15, 0.2) is 0 Å². The predicted molar refractivity (Wildman–Crippen MR) is 64.8 cm³/mol. The normalized spacial score (nSPS) is 15.2. The van der Waals surface area contributed by atoms with Crippen molar-refractivity contribution >= 4 is 11.7 Å². The van der Waals surface area contributed by atoms with E-state index >= 15 is 0 Å².